The van der Waals surface area contributed by atoms with Crippen molar-refractivity contribution >= 4 is 11.3 Å². The fourth-order valence-electron chi connectivity index (χ4n) is 1.93. The van der Waals surface area contributed by atoms with E-state index in [1.54, 1.807) is 0 Å². The molecule has 16 heavy (non-hydrogen) atoms. The first-order chi connectivity index (χ1) is 7.79. The van der Waals surface area contributed by atoms with E-state index in [1.165, 1.54) is 16.0 Å². The molecule has 1 atom stereocenters. The maximum absolute atomic E-state index is 5.88. The van der Waals surface area contributed by atoms with Gasteiger partial charge in [-0.1, -0.05) is 35.9 Å². The van der Waals surface area contributed by atoms with Crippen LogP contribution in [-0.4, -0.2) is 6.54 Å². The Morgan fingerprint density at radius 1 is 1.25 bits per heavy atom. The Morgan fingerprint density at radius 3 is 2.75 bits per heavy atom. The lowest BCUT2D eigenvalue weighted by Gasteiger charge is -2.14. The van der Waals surface area contributed by atoms with Gasteiger partial charge in [0.05, 0.1) is 0 Å². The molecular weight excluding hydrogens is 214 g/mol. The summed E-state index contributed by atoms with van der Waals surface area (Å²) < 4.78 is 0. The van der Waals surface area contributed by atoms with Gasteiger partial charge < -0.3 is 5.73 Å². The third-order valence-electron chi connectivity index (χ3n) is 2.83. The van der Waals surface area contributed by atoms with Gasteiger partial charge in [-0.25, -0.2) is 0 Å². The predicted molar refractivity (Wildman–Crippen MR) is 71.0 cm³/mol. The van der Waals surface area contributed by atoms with Gasteiger partial charge >= 0.3 is 0 Å². The van der Waals surface area contributed by atoms with Gasteiger partial charge in [0.1, 0.15) is 0 Å². The summed E-state index contributed by atoms with van der Waals surface area (Å²) in [5.74, 6) is 0.443. The van der Waals surface area contributed by atoms with Gasteiger partial charge in [-0.05, 0) is 36.9 Å². The zero-order chi connectivity index (χ0) is 11.4. The number of hydrogen-bond acceptors (Lipinski definition) is 2. The predicted octanol–water partition coefficient (Wildman–Crippen LogP) is 3.34. The molecule has 84 valence electrons. The van der Waals surface area contributed by atoms with Crippen molar-refractivity contribution in [2.75, 3.05) is 6.54 Å². The van der Waals surface area contributed by atoms with Gasteiger partial charge in [0.25, 0.3) is 0 Å². The average molecular weight is 231 g/mol. The fraction of sp³-hybridized carbons (Fsp3) is 0.286. The molecule has 0 radical (unpaired) electrons. The first-order valence-corrected chi connectivity index (χ1v) is 6.46. The van der Waals surface area contributed by atoms with E-state index in [1.807, 2.05) is 11.3 Å². The number of nitrogens with two attached hydrogens (primary N) is 1. The monoisotopic (exact) mass is 231 g/mol. The van der Waals surface area contributed by atoms with E-state index in [0.717, 1.165) is 6.42 Å². The van der Waals surface area contributed by atoms with Crippen LogP contribution in [0, 0.1) is 6.92 Å². The van der Waals surface area contributed by atoms with Crippen molar-refractivity contribution in [1.82, 2.24) is 0 Å². The van der Waals surface area contributed by atoms with E-state index in [9.17, 15) is 0 Å². The minimum Gasteiger partial charge on any atom is -0.330 e. The summed E-state index contributed by atoms with van der Waals surface area (Å²) in [7, 11) is 0. The minimum atomic E-state index is 0.443. The van der Waals surface area contributed by atoms with Crippen LogP contribution in [0.5, 0.6) is 0 Å². The number of rotatable bonds is 4. The van der Waals surface area contributed by atoms with Crippen molar-refractivity contribution in [3.8, 4) is 0 Å². The van der Waals surface area contributed by atoms with Crippen LogP contribution >= 0.6 is 11.3 Å². The van der Waals surface area contributed by atoms with Gasteiger partial charge in [-0.15, -0.1) is 11.3 Å². The Morgan fingerprint density at radius 2 is 2.12 bits per heavy atom. The smallest absolute Gasteiger partial charge is 0.00517 e. The van der Waals surface area contributed by atoms with E-state index in [-0.39, 0.29) is 0 Å². The van der Waals surface area contributed by atoms with Crippen LogP contribution in [0.3, 0.4) is 0 Å². The second-order valence-electron chi connectivity index (χ2n) is 4.13. The molecule has 0 aliphatic carbocycles. The highest BCUT2D eigenvalue weighted by molar-refractivity contribution is 7.09. The highest BCUT2D eigenvalue weighted by Gasteiger charge is 2.11. The van der Waals surface area contributed by atoms with Crippen LogP contribution in [0.25, 0.3) is 0 Å². The molecule has 1 nitrogen and oxygen atoms in total. The molecule has 2 rings (SSSR count). The molecule has 0 aliphatic heterocycles. The second-order valence-corrected chi connectivity index (χ2v) is 5.16. The maximum atomic E-state index is 5.88. The van der Waals surface area contributed by atoms with Crippen LogP contribution in [0.4, 0.5) is 0 Å². The van der Waals surface area contributed by atoms with E-state index < -0.39 is 0 Å². The van der Waals surface area contributed by atoms with Crippen LogP contribution in [-0.2, 0) is 6.42 Å². The highest BCUT2D eigenvalue weighted by Crippen LogP contribution is 2.23. The Balaban J connectivity index is 2.16. The fourth-order valence-corrected chi connectivity index (χ4v) is 2.72. The summed E-state index contributed by atoms with van der Waals surface area (Å²) in [5.41, 5.74) is 8.54. The van der Waals surface area contributed by atoms with Gasteiger partial charge in [0.2, 0.25) is 0 Å². The molecule has 0 aliphatic rings. The van der Waals surface area contributed by atoms with Crippen LogP contribution in [0.15, 0.2) is 41.8 Å². The number of aryl methyl sites for hydroxylation is 1. The summed E-state index contributed by atoms with van der Waals surface area (Å²) in [6.45, 7) is 2.84. The largest absolute Gasteiger partial charge is 0.330 e. The number of benzene rings is 1. The van der Waals surface area contributed by atoms with E-state index in [2.05, 4.69) is 48.7 Å². The summed E-state index contributed by atoms with van der Waals surface area (Å²) >= 11 is 1.81. The molecule has 0 fully saturated rings. The average Bonchev–Trinajstić information content (AvgIpc) is 2.78. The summed E-state index contributed by atoms with van der Waals surface area (Å²) in [6.07, 6.45) is 1.05. The molecule has 2 heteroatoms. The Bertz CT molecular complexity index is 434. The molecule has 1 unspecified atom stereocenters. The summed E-state index contributed by atoms with van der Waals surface area (Å²) in [5, 5.41) is 2.12. The van der Waals surface area contributed by atoms with E-state index >= 15 is 0 Å². The maximum Gasteiger partial charge on any atom is 0.00517 e. The normalized spacial score (nSPS) is 12.6. The molecular formula is C14H17NS. The van der Waals surface area contributed by atoms with Crippen molar-refractivity contribution in [3.05, 3.63) is 57.8 Å². The van der Waals surface area contributed by atoms with Gasteiger partial charge in [-0.3, -0.25) is 0 Å². The Kier molecular flexibility index (Phi) is 3.75. The van der Waals surface area contributed by atoms with Gasteiger partial charge in [0, 0.05) is 10.8 Å². The number of thiophene rings is 1. The molecule has 0 saturated carbocycles. The zero-order valence-electron chi connectivity index (χ0n) is 9.52. The van der Waals surface area contributed by atoms with Gasteiger partial charge in [0.15, 0.2) is 0 Å². The Labute approximate surface area is 101 Å². The first-order valence-electron chi connectivity index (χ1n) is 5.58. The molecule has 2 aromatic rings. The van der Waals surface area contributed by atoms with Crippen molar-refractivity contribution in [2.45, 2.75) is 19.3 Å². The minimum absolute atomic E-state index is 0.443. The first kappa shape index (κ1) is 11.4. The summed E-state index contributed by atoms with van der Waals surface area (Å²) in [4.78, 5) is 1.41. The topological polar surface area (TPSA) is 26.0 Å². The van der Waals surface area contributed by atoms with Crippen molar-refractivity contribution in [1.29, 1.82) is 0 Å². The van der Waals surface area contributed by atoms with Crippen LogP contribution < -0.4 is 5.73 Å². The van der Waals surface area contributed by atoms with Gasteiger partial charge in [-0.2, -0.15) is 0 Å². The lowest BCUT2D eigenvalue weighted by molar-refractivity contribution is 0.700. The molecule has 2 N–H and O–H groups in total. The molecule has 0 spiro atoms. The molecule has 1 aromatic carbocycles. The standard InChI is InChI=1S/C14H17NS/c1-11-4-2-5-12(8-11)13(10-15)9-14-6-3-7-16-14/h2-8,13H,9-10,15H2,1H3. The molecule has 1 heterocycles. The third-order valence-corrected chi connectivity index (χ3v) is 3.72. The van der Waals surface area contributed by atoms with Crippen molar-refractivity contribution in [3.63, 3.8) is 0 Å². The van der Waals surface area contributed by atoms with Crippen LogP contribution in [0.1, 0.15) is 21.9 Å². The molecule has 0 amide bonds. The Hall–Kier alpha value is -1.12. The van der Waals surface area contributed by atoms with Crippen molar-refractivity contribution < 1.29 is 0 Å². The molecule has 0 bridgehead atoms. The second kappa shape index (κ2) is 5.28. The third kappa shape index (κ3) is 2.71. The van der Waals surface area contributed by atoms with E-state index in [0.29, 0.717) is 12.5 Å². The summed E-state index contributed by atoms with van der Waals surface area (Å²) in [6, 6.07) is 12.9. The zero-order valence-corrected chi connectivity index (χ0v) is 10.3. The van der Waals surface area contributed by atoms with Crippen LogP contribution in [0.2, 0.25) is 0 Å². The molecule has 0 saturated heterocycles. The quantitative estimate of drug-likeness (QED) is 0.858. The lowest BCUT2D eigenvalue weighted by Crippen LogP contribution is -2.14. The molecule has 1 aromatic heterocycles. The van der Waals surface area contributed by atoms with Crippen molar-refractivity contribution in [2.24, 2.45) is 5.73 Å². The number of hydrogen-bond donors (Lipinski definition) is 1. The highest BCUT2D eigenvalue weighted by atomic mass is 32.1. The SMILES string of the molecule is Cc1cccc(C(CN)Cc2cccs2)c1. The lowest BCUT2D eigenvalue weighted by atomic mass is 9.94. The van der Waals surface area contributed by atoms with E-state index in [4.69, 9.17) is 5.73 Å².